The van der Waals surface area contributed by atoms with Gasteiger partial charge in [-0.05, 0) is 54.5 Å². The average molecular weight is 426 g/mol. The fraction of sp³-hybridized carbons (Fsp3) is 0.167. The highest BCUT2D eigenvalue weighted by molar-refractivity contribution is 7.80. The van der Waals surface area contributed by atoms with Gasteiger partial charge in [0.05, 0.1) is 12.1 Å². The highest BCUT2D eigenvalue weighted by Crippen LogP contribution is 2.29. The minimum atomic E-state index is -4.39. The molecule has 0 radical (unpaired) electrons. The van der Waals surface area contributed by atoms with Crippen LogP contribution < -0.4 is 10.6 Å². The van der Waals surface area contributed by atoms with Gasteiger partial charge in [0.1, 0.15) is 6.33 Å². The molecule has 0 bridgehead atoms. The number of hydrogen-bond donors (Lipinski definition) is 2. The molecule has 5 nitrogen and oxygen atoms in total. The van der Waals surface area contributed by atoms with E-state index >= 15 is 0 Å². The number of alkyl halides is 3. The van der Waals surface area contributed by atoms with Crippen molar-refractivity contribution in [2.24, 2.45) is 0 Å². The van der Waals surface area contributed by atoms with Crippen molar-refractivity contribution in [3.8, 4) is 0 Å². The standard InChI is InChI=1S/C18H15ClF3N5S/c1-11-14(19)6-3-7-15(11)24-17(28)25-16-23-10-27(26-16)9-12-4-2-5-13(8-12)18(20,21)22/h2-8,10H,9H2,1H3,(H2,24,25,26,28). The van der Waals surface area contributed by atoms with E-state index in [4.69, 9.17) is 23.8 Å². The summed E-state index contributed by atoms with van der Waals surface area (Å²) in [6.45, 7) is 2.00. The van der Waals surface area contributed by atoms with Gasteiger partial charge in [0.25, 0.3) is 0 Å². The van der Waals surface area contributed by atoms with Gasteiger partial charge in [-0.2, -0.15) is 13.2 Å². The number of nitrogens with zero attached hydrogens (tertiary/aromatic N) is 3. The Kier molecular flexibility index (Phi) is 5.85. The molecule has 0 saturated carbocycles. The van der Waals surface area contributed by atoms with Crippen molar-refractivity contribution >= 4 is 40.6 Å². The fourth-order valence-corrected chi connectivity index (χ4v) is 2.83. The highest BCUT2D eigenvalue weighted by atomic mass is 35.5. The number of rotatable bonds is 4. The van der Waals surface area contributed by atoms with Crippen molar-refractivity contribution in [3.05, 3.63) is 70.5 Å². The van der Waals surface area contributed by atoms with E-state index in [9.17, 15) is 13.2 Å². The molecule has 146 valence electrons. The minimum absolute atomic E-state index is 0.145. The molecule has 0 spiro atoms. The molecule has 0 aliphatic rings. The molecule has 0 amide bonds. The molecule has 0 atom stereocenters. The second kappa shape index (κ2) is 8.15. The third-order valence-corrected chi connectivity index (χ3v) is 4.49. The van der Waals surface area contributed by atoms with Crippen LogP contribution in [-0.2, 0) is 12.7 Å². The summed E-state index contributed by atoms with van der Waals surface area (Å²) in [6, 6.07) is 10.5. The van der Waals surface area contributed by atoms with Crippen LogP contribution in [0, 0.1) is 6.92 Å². The largest absolute Gasteiger partial charge is 0.416 e. The van der Waals surface area contributed by atoms with Gasteiger partial charge in [-0.25, -0.2) is 9.67 Å². The maximum Gasteiger partial charge on any atom is 0.416 e. The van der Waals surface area contributed by atoms with Gasteiger partial charge < -0.3 is 5.32 Å². The Balaban J connectivity index is 1.64. The van der Waals surface area contributed by atoms with Gasteiger partial charge in [0.15, 0.2) is 5.11 Å². The summed E-state index contributed by atoms with van der Waals surface area (Å²) in [5.41, 5.74) is 1.34. The summed E-state index contributed by atoms with van der Waals surface area (Å²) in [5.74, 6) is 0.226. The smallest absolute Gasteiger partial charge is 0.332 e. The van der Waals surface area contributed by atoms with E-state index in [1.54, 1.807) is 18.2 Å². The molecule has 2 aromatic carbocycles. The molecular formula is C18H15ClF3N5S. The third-order valence-electron chi connectivity index (χ3n) is 3.88. The zero-order chi connectivity index (χ0) is 20.3. The first-order valence-corrected chi connectivity index (χ1v) is 8.90. The van der Waals surface area contributed by atoms with E-state index in [-0.39, 0.29) is 17.6 Å². The summed E-state index contributed by atoms with van der Waals surface area (Å²) in [6.07, 6.45) is -2.97. The zero-order valence-corrected chi connectivity index (χ0v) is 16.2. The predicted octanol–water partition coefficient (Wildman–Crippen LogP) is 5.12. The van der Waals surface area contributed by atoms with E-state index in [1.165, 1.54) is 17.1 Å². The number of nitrogens with one attached hydrogen (secondary N) is 2. The topological polar surface area (TPSA) is 54.8 Å². The van der Waals surface area contributed by atoms with Crippen molar-refractivity contribution < 1.29 is 13.2 Å². The summed E-state index contributed by atoms with van der Waals surface area (Å²) >= 11 is 11.3. The van der Waals surface area contributed by atoms with Gasteiger partial charge in [-0.15, -0.1) is 5.10 Å². The molecule has 3 aromatic rings. The Bertz CT molecular complexity index is 1000. The van der Waals surface area contributed by atoms with Crippen LogP contribution in [0.5, 0.6) is 0 Å². The van der Waals surface area contributed by atoms with Crippen molar-refractivity contribution in [1.29, 1.82) is 0 Å². The lowest BCUT2D eigenvalue weighted by atomic mass is 10.1. The second-order valence-electron chi connectivity index (χ2n) is 5.96. The Morgan fingerprint density at radius 2 is 1.93 bits per heavy atom. The maximum atomic E-state index is 12.8. The quantitative estimate of drug-likeness (QED) is 0.568. The first-order valence-electron chi connectivity index (χ1n) is 8.11. The van der Waals surface area contributed by atoms with Crippen LogP contribution in [0.3, 0.4) is 0 Å². The molecule has 0 aliphatic heterocycles. The fourth-order valence-electron chi connectivity index (χ4n) is 2.46. The highest BCUT2D eigenvalue weighted by Gasteiger charge is 2.30. The molecule has 0 fully saturated rings. The monoisotopic (exact) mass is 425 g/mol. The molecule has 1 heterocycles. The lowest BCUT2D eigenvalue weighted by Gasteiger charge is -2.11. The van der Waals surface area contributed by atoms with E-state index in [1.807, 2.05) is 13.0 Å². The van der Waals surface area contributed by atoms with Crippen LogP contribution in [0.15, 0.2) is 48.8 Å². The van der Waals surface area contributed by atoms with Gasteiger partial charge in [-0.3, -0.25) is 5.32 Å². The summed E-state index contributed by atoms with van der Waals surface area (Å²) in [5, 5.41) is 10.9. The molecule has 1 aromatic heterocycles. The van der Waals surface area contributed by atoms with E-state index in [0.29, 0.717) is 10.6 Å². The predicted molar refractivity (Wildman–Crippen MR) is 107 cm³/mol. The van der Waals surface area contributed by atoms with Gasteiger partial charge in [0, 0.05) is 10.7 Å². The maximum absolute atomic E-state index is 12.8. The van der Waals surface area contributed by atoms with Crippen LogP contribution in [0.2, 0.25) is 5.02 Å². The van der Waals surface area contributed by atoms with E-state index in [2.05, 4.69) is 20.7 Å². The summed E-state index contributed by atoms with van der Waals surface area (Å²) < 4.78 is 39.9. The second-order valence-corrected chi connectivity index (χ2v) is 6.77. The van der Waals surface area contributed by atoms with Crippen LogP contribution in [0.4, 0.5) is 24.8 Å². The first kappa shape index (κ1) is 20.1. The van der Waals surface area contributed by atoms with Crippen LogP contribution in [0.25, 0.3) is 0 Å². The molecular weight excluding hydrogens is 411 g/mol. The SMILES string of the molecule is Cc1c(Cl)cccc1NC(=S)Nc1ncn(Cc2cccc(C(F)(F)F)c2)n1. The number of aromatic nitrogens is 3. The Hall–Kier alpha value is -2.65. The molecule has 28 heavy (non-hydrogen) atoms. The van der Waals surface area contributed by atoms with E-state index < -0.39 is 11.7 Å². The van der Waals surface area contributed by atoms with Crippen molar-refractivity contribution in [3.63, 3.8) is 0 Å². The van der Waals surface area contributed by atoms with Crippen molar-refractivity contribution in [2.45, 2.75) is 19.6 Å². The van der Waals surface area contributed by atoms with Crippen molar-refractivity contribution in [2.75, 3.05) is 10.6 Å². The Morgan fingerprint density at radius 3 is 2.68 bits per heavy atom. The molecule has 2 N–H and O–H groups in total. The molecule has 0 aliphatic carbocycles. The molecule has 0 saturated heterocycles. The lowest BCUT2D eigenvalue weighted by Crippen LogP contribution is -2.20. The molecule has 3 rings (SSSR count). The van der Waals surface area contributed by atoms with Crippen LogP contribution >= 0.6 is 23.8 Å². The number of thiocarbonyl (C=S) groups is 1. The van der Waals surface area contributed by atoms with Crippen molar-refractivity contribution in [1.82, 2.24) is 14.8 Å². The summed E-state index contributed by atoms with van der Waals surface area (Å²) in [7, 11) is 0. The molecule has 0 unspecified atom stereocenters. The van der Waals surface area contributed by atoms with Gasteiger partial charge >= 0.3 is 6.18 Å². The normalized spacial score (nSPS) is 11.3. The third kappa shape index (κ3) is 4.99. The lowest BCUT2D eigenvalue weighted by molar-refractivity contribution is -0.137. The average Bonchev–Trinajstić information content (AvgIpc) is 3.05. The van der Waals surface area contributed by atoms with Crippen LogP contribution in [-0.4, -0.2) is 19.9 Å². The number of hydrogen-bond acceptors (Lipinski definition) is 3. The minimum Gasteiger partial charge on any atom is -0.332 e. The molecule has 10 heteroatoms. The summed E-state index contributed by atoms with van der Waals surface area (Å²) in [4.78, 5) is 4.07. The van der Waals surface area contributed by atoms with Crippen LogP contribution in [0.1, 0.15) is 16.7 Å². The number of benzene rings is 2. The Labute approximate surface area is 169 Å². The van der Waals surface area contributed by atoms with E-state index in [0.717, 1.165) is 23.4 Å². The number of anilines is 2. The Morgan fingerprint density at radius 1 is 1.18 bits per heavy atom. The van der Waals surface area contributed by atoms with Gasteiger partial charge in [0.2, 0.25) is 5.95 Å². The first-order chi connectivity index (χ1) is 13.2. The van der Waals surface area contributed by atoms with Gasteiger partial charge in [-0.1, -0.05) is 29.8 Å². The zero-order valence-electron chi connectivity index (χ0n) is 14.6. The number of halogens is 4.